The second kappa shape index (κ2) is 6.69. The molecule has 0 bridgehead atoms. The van der Waals surface area contributed by atoms with Gasteiger partial charge in [0, 0.05) is 18.7 Å². The number of carbonyl (C=O) groups is 1. The largest absolute Gasteiger partial charge is 0.313 e. The van der Waals surface area contributed by atoms with E-state index in [1.54, 1.807) is 17.0 Å². The zero-order valence-corrected chi connectivity index (χ0v) is 11.6. The lowest BCUT2D eigenvalue weighted by Gasteiger charge is -2.26. The van der Waals surface area contributed by atoms with Gasteiger partial charge in [-0.25, -0.2) is 4.39 Å². The van der Waals surface area contributed by atoms with Gasteiger partial charge in [0.1, 0.15) is 5.82 Å². The summed E-state index contributed by atoms with van der Waals surface area (Å²) in [5.41, 5.74) is 0.796. The molecule has 0 aromatic heterocycles. The van der Waals surface area contributed by atoms with Gasteiger partial charge < -0.3 is 4.90 Å². The number of hydrogen-bond donors (Lipinski definition) is 0. The van der Waals surface area contributed by atoms with E-state index in [2.05, 4.69) is 0 Å². The maximum absolute atomic E-state index is 12.9. The summed E-state index contributed by atoms with van der Waals surface area (Å²) in [7, 11) is 0. The predicted octanol–water partition coefficient (Wildman–Crippen LogP) is 4.15. The van der Waals surface area contributed by atoms with Crippen molar-refractivity contribution in [2.24, 2.45) is 5.92 Å². The van der Waals surface area contributed by atoms with E-state index in [9.17, 15) is 9.18 Å². The fourth-order valence-electron chi connectivity index (χ4n) is 2.87. The lowest BCUT2D eigenvalue weighted by Crippen LogP contribution is -2.32. The van der Waals surface area contributed by atoms with Crippen molar-refractivity contribution in [2.75, 3.05) is 11.4 Å². The van der Waals surface area contributed by atoms with Gasteiger partial charge in [-0.1, -0.05) is 19.3 Å². The van der Waals surface area contributed by atoms with Gasteiger partial charge in [-0.3, -0.25) is 4.79 Å². The van der Waals surface area contributed by atoms with Gasteiger partial charge in [0.15, 0.2) is 0 Å². The summed E-state index contributed by atoms with van der Waals surface area (Å²) in [6, 6.07) is 6.17. The minimum Gasteiger partial charge on any atom is -0.313 e. The fraction of sp³-hybridized carbons (Fsp3) is 0.562. The van der Waals surface area contributed by atoms with Gasteiger partial charge in [0.25, 0.3) is 0 Å². The quantitative estimate of drug-likeness (QED) is 0.799. The Bertz CT molecular complexity index is 409. The van der Waals surface area contributed by atoms with Crippen LogP contribution < -0.4 is 4.90 Å². The smallest absolute Gasteiger partial charge is 0.227 e. The van der Waals surface area contributed by atoms with Crippen molar-refractivity contribution in [1.29, 1.82) is 0 Å². The zero-order valence-electron chi connectivity index (χ0n) is 11.6. The van der Waals surface area contributed by atoms with E-state index in [1.807, 2.05) is 6.92 Å². The van der Waals surface area contributed by atoms with Crippen molar-refractivity contribution >= 4 is 11.6 Å². The van der Waals surface area contributed by atoms with E-state index in [0.717, 1.165) is 5.69 Å². The Hall–Kier alpha value is -1.38. The molecule has 3 heteroatoms. The van der Waals surface area contributed by atoms with Crippen LogP contribution in [0.15, 0.2) is 24.3 Å². The first kappa shape index (κ1) is 14.0. The first-order valence-corrected chi connectivity index (χ1v) is 7.26. The van der Waals surface area contributed by atoms with Crippen molar-refractivity contribution in [1.82, 2.24) is 0 Å². The van der Waals surface area contributed by atoms with Crippen LogP contribution in [0.2, 0.25) is 0 Å². The number of halogens is 1. The Morgan fingerprint density at radius 2 is 1.84 bits per heavy atom. The number of rotatable bonds is 4. The Morgan fingerprint density at radius 3 is 2.42 bits per heavy atom. The number of nitrogens with zero attached hydrogens (tertiary/aromatic N) is 1. The van der Waals surface area contributed by atoms with Crippen LogP contribution in [0.1, 0.15) is 45.4 Å². The maximum Gasteiger partial charge on any atom is 0.227 e. The number of anilines is 1. The van der Waals surface area contributed by atoms with Crippen molar-refractivity contribution in [3.05, 3.63) is 30.1 Å². The molecule has 0 N–H and O–H groups in total. The molecule has 1 fully saturated rings. The molecule has 0 atom stereocenters. The van der Waals surface area contributed by atoms with Crippen molar-refractivity contribution in [3.8, 4) is 0 Å². The van der Waals surface area contributed by atoms with Crippen LogP contribution in [-0.4, -0.2) is 12.5 Å². The number of benzene rings is 1. The molecule has 1 saturated carbocycles. The zero-order chi connectivity index (χ0) is 13.7. The molecule has 0 heterocycles. The highest BCUT2D eigenvalue weighted by Gasteiger charge is 2.21. The van der Waals surface area contributed by atoms with E-state index in [-0.39, 0.29) is 11.7 Å². The molecule has 1 amide bonds. The van der Waals surface area contributed by atoms with E-state index in [1.165, 1.54) is 44.2 Å². The molecule has 2 nitrogen and oxygen atoms in total. The summed E-state index contributed by atoms with van der Waals surface area (Å²) in [6.07, 6.45) is 6.78. The van der Waals surface area contributed by atoms with E-state index < -0.39 is 0 Å². The minimum absolute atomic E-state index is 0.168. The SMILES string of the molecule is CCN(C(=O)CC1CCCCC1)c1ccc(F)cc1. The van der Waals surface area contributed by atoms with Crippen LogP contribution in [0, 0.1) is 11.7 Å². The third-order valence-electron chi connectivity index (χ3n) is 3.94. The highest BCUT2D eigenvalue weighted by molar-refractivity contribution is 5.93. The van der Waals surface area contributed by atoms with E-state index in [0.29, 0.717) is 18.9 Å². The molecule has 0 aliphatic heterocycles. The van der Waals surface area contributed by atoms with Gasteiger partial charge in [-0.2, -0.15) is 0 Å². The molecule has 2 rings (SSSR count). The maximum atomic E-state index is 12.9. The van der Waals surface area contributed by atoms with E-state index in [4.69, 9.17) is 0 Å². The second-order valence-electron chi connectivity index (χ2n) is 5.32. The van der Waals surface area contributed by atoms with Gasteiger partial charge in [0.05, 0.1) is 0 Å². The summed E-state index contributed by atoms with van der Waals surface area (Å²) in [6.45, 7) is 2.60. The molecule has 0 saturated heterocycles. The molecular weight excluding hydrogens is 241 g/mol. The van der Waals surface area contributed by atoms with Gasteiger partial charge in [-0.05, 0) is 49.9 Å². The lowest BCUT2D eigenvalue weighted by molar-refractivity contribution is -0.119. The van der Waals surface area contributed by atoms with Crippen LogP contribution in [0.3, 0.4) is 0 Å². The van der Waals surface area contributed by atoms with Crippen LogP contribution >= 0.6 is 0 Å². The normalized spacial score (nSPS) is 16.3. The molecule has 1 aromatic rings. The Balaban J connectivity index is 2.00. The van der Waals surface area contributed by atoms with Crippen molar-refractivity contribution in [3.63, 3.8) is 0 Å². The third kappa shape index (κ3) is 3.79. The predicted molar refractivity (Wildman–Crippen MR) is 75.6 cm³/mol. The molecule has 1 aliphatic rings. The first-order valence-electron chi connectivity index (χ1n) is 7.26. The van der Waals surface area contributed by atoms with Crippen LogP contribution in [0.5, 0.6) is 0 Å². The summed E-state index contributed by atoms with van der Waals surface area (Å²) in [5.74, 6) is 0.441. The average molecular weight is 263 g/mol. The highest BCUT2D eigenvalue weighted by atomic mass is 19.1. The van der Waals surface area contributed by atoms with Crippen LogP contribution in [0.4, 0.5) is 10.1 Å². The first-order chi connectivity index (χ1) is 9.20. The summed E-state index contributed by atoms with van der Waals surface area (Å²) in [4.78, 5) is 14.1. The van der Waals surface area contributed by atoms with Crippen LogP contribution in [-0.2, 0) is 4.79 Å². The van der Waals surface area contributed by atoms with Crippen molar-refractivity contribution in [2.45, 2.75) is 45.4 Å². The third-order valence-corrected chi connectivity index (χ3v) is 3.94. The highest BCUT2D eigenvalue weighted by Crippen LogP contribution is 2.27. The summed E-state index contributed by atoms with van der Waals surface area (Å²) in [5, 5.41) is 0. The molecule has 0 unspecified atom stereocenters. The monoisotopic (exact) mass is 263 g/mol. The van der Waals surface area contributed by atoms with E-state index >= 15 is 0 Å². The van der Waals surface area contributed by atoms with Crippen LogP contribution in [0.25, 0.3) is 0 Å². The topological polar surface area (TPSA) is 20.3 Å². The Kier molecular flexibility index (Phi) is 4.94. The lowest BCUT2D eigenvalue weighted by atomic mass is 9.86. The number of hydrogen-bond acceptors (Lipinski definition) is 1. The summed E-state index contributed by atoms with van der Waals surface area (Å²) >= 11 is 0. The van der Waals surface area contributed by atoms with Gasteiger partial charge in [0.2, 0.25) is 5.91 Å². The summed E-state index contributed by atoms with van der Waals surface area (Å²) < 4.78 is 12.9. The second-order valence-corrected chi connectivity index (χ2v) is 5.32. The molecule has 1 aromatic carbocycles. The standard InChI is InChI=1S/C16H22FNO/c1-2-18(15-10-8-14(17)9-11-15)16(19)12-13-6-4-3-5-7-13/h8-11,13H,2-7,12H2,1H3. The molecular formula is C16H22FNO. The molecule has 1 aliphatic carbocycles. The molecule has 0 radical (unpaired) electrons. The number of carbonyl (C=O) groups excluding carboxylic acids is 1. The molecule has 19 heavy (non-hydrogen) atoms. The number of amides is 1. The molecule has 0 spiro atoms. The Labute approximate surface area is 114 Å². The molecule has 104 valence electrons. The average Bonchev–Trinajstić information content (AvgIpc) is 2.43. The minimum atomic E-state index is -0.264. The fourth-order valence-corrected chi connectivity index (χ4v) is 2.87. The van der Waals surface area contributed by atoms with Crippen molar-refractivity contribution < 1.29 is 9.18 Å². The Morgan fingerprint density at radius 1 is 1.21 bits per heavy atom. The van der Waals surface area contributed by atoms with Gasteiger partial charge >= 0.3 is 0 Å². The van der Waals surface area contributed by atoms with Gasteiger partial charge in [-0.15, -0.1) is 0 Å².